The SMILES string of the molecule is N#CC1(N)CCCC1CCN1CCN(CC(F)(F)F)CC1. The highest BCUT2D eigenvalue weighted by atomic mass is 19.4. The van der Waals surface area contributed by atoms with Gasteiger partial charge in [-0.05, 0) is 31.7 Å². The van der Waals surface area contributed by atoms with Gasteiger partial charge >= 0.3 is 6.18 Å². The molecule has 0 aromatic rings. The summed E-state index contributed by atoms with van der Waals surface area (Å²) in [4.78, 5) is 3.64. The number of halogens is 3. The van der Waals surface area contributed by atoms with Crippen LogP contribution in [-0.4, -0.2) is 60.8 Å². The van der Waals surface area contributed by atoms with Gasteiger partial charge in [-0.1, -0.05) is 6.42 Å². The number of alkyl halides is 3. The van der Waals surface area contributed by atoms with Gasteiger partial charge in [0.2, 0.25) is 0 Å². The van der Waals surface area contributed by atoms with Gasteiger partial charge < -0.3 is 10.6 Å². The maximum absolute atomic E-state index is 12.3. The van der Waals surface area contributed by atoms with E-state index in [9.17, 15) is 18.4 Å². The summed E-state index contributed by atoms with van der Waals surface area (Å²) in [6.07, 6.45) is -0.513. The van der Waals surface area contributed by atoms with Crippen molar-refractivity contribution in [3.05, 3.63) is 0 Å². The third kappa shape index (κ3) is 4.56. The lowest BCUT2D eigenvalue weighted by Gasteiger charge is -2.36. The third-order valence-corrected chi connectivity index (χ3v) is 4.74. The van der Waals surface area contributed by atoms with Crippen LogP contribution in [0.1, 0.15) is 25.7 Å². The maximum Gasteiger partial charge on any atom is 0.401 e. The number of nitriles is 1. The van der Waals surface area contributed by atoms with Crippen molar-refractivity contribution in [2.75, 3.05) is 39.3 Å². The van der Waals surface area contributed by atoms with E-state index in [1.165, 1.54) is 4.90 Å². The predicted molar refractivity (Wildman–Crippen MR) is 73.4 cm³/mol. The summed E-state index contributed by atoms with van der Waals surface area (Å²) in [5, 5.41) is 9.17. The van der Waals surface area contributed by atoms with Gasteiger partial charge in [-0.2, -0.15) is 18.4 Å². The molecule has 120 valence electrons. The summed E-state index contributed by atoms with van der Waals surface area (Å²) in [5.74, 6) is 0.218. The fourth-order valence-electron chi connectivity index (χ4n) is 3.41. The van der Waals surface area contributed by atoms with E-state index in [1.54, 1.807) is 0 Å². The largest absolute Gasteiger partial charge is 0.401 e. The highest BCUT2D eigenvalue weighted by molar-refractivity contribution is 5.11. The van der Waals surface area contributed by atoms with E-state index >= 15 is 0 Å². The lowest BCUT2D eigenvalue weighted by Crippen LogP contribution is -2.50. The normalized spacial score (nSPS) is 32.2. The molecule has 1 saturated carbocycles. The molecule has 0 aromatic heterocycles. The smallest absolute Gasteiger partial charge is 0.313 e. The van der Waals surface area contributed by atoms with Crippen molar-refractivity contribution in [3.63, 3.8) is 0 Å². The zero-order valence-corrected chi connectivity index (χ0v) is 12.2. The minimum Gasteiger partial charge on any atom is -0.313 e. The number of piperazine rings is 1. The fraction of sp³-hybridized carbons (Fsp3) is 0.929. The van der Waals surface area contributed by atoms with Crippen LogP contribution < -0.4 is 5.73 Å². The molecule has 2 rings (SSSR count). The van der Waals surface area contributed by atoms with E-state index < -0.39 is 18.3 Å². The molecule has 0 amide bonds. The molecular weight excluding hydrogens is 281 g/mol. The van der Waals surface area contributed by atoms with E-state index in [-0.39, 0.29) is 5.92 Å². The van der Waals surface area contributed by atoms with Gasteiger partial charge in [0.15, 0.2) is 0 Å². The van der Waals surface area contributed by atoms with Crippen molar-refractivity contribution < 1.29 is 13.2 Å². The Bertz CT molecular complexity index is 385. The van der Waals surface area contributed by atoms with Gasteiger partial charge in [0.25, 0.3) is 0 Å². The minimum atomic E-state index is -4.11. The maximum atomic E-state index is 12.3. The van der Waals surface area contributed by atoms with Gasteiger partial charge in [0.1, 0.15) is 5.54 Å². The molecule has 0 bridgehead atoms. The topological polar surface area (TPSA) is 56.3 Å². The monoisotopic (exact) mass is 304 g/mol. The lowest BCUT2D eigenvalue weighted by atomic mass is 9.87. The summed E-state index contributed by atoms with van der Waals surface area (Å²) in [6, 6.07) is 2.24. The van der Waals surface area contributed by atoms with Crippen molar-refractivity contribution in [2.24, 2.45) is 11.7 Å². The first-order valence-corrected chi connectivity index (χ1v) is 7.54. The Morgan fingerprint density at radius 1 is 1.19 bits per heavy atom. The Morgan fingerprint density at radius 3 is 2.38 bits per heavy atom. The van der Waals surface area contributed by atoms with E-state index in [4.69, 9.17) is 5.73 Å². The molecule has 1 aliphatic heterocycles. The zero-order valence-electron chi connectivity index (χ0n) is 12.2. The van der Waals surface area contributed by atoms with Crippen LogP contribution >= 0.6 is 0 Å². The van der Waals surface area contributed by atoms with Crippen LogP contribution in [0.25, 0.3) is 0 Å². The van der Waals surface area contributed by atoms with Crippen LogP contribution in [0.2, 0.25) is 0 Å². The quantitative estimate of drug-likeness (QED) is 0.857. The first kappa shape index (κ1) is 16.5. The Balaban J connectivity index is 1.71. The molecule has 2 atom stereocenters. The van der Waals surface area contributed by atoms with Gasteiger partial charge in [-0.25, -0.2) is 0 Å². The molecule has 4 nitrogen and oxygen atoms in total. The van der Waals surface area contributed by atoms with E-state index in [1.807, 2.05) is 0 Å². The second-order valence-electron chi connectivity index (χ2n) is 6.26. The van der Waals surface area contributed by atoms with Crippen molar-refractivity contribution in [2.45, 2.75) is 37.4 Å². The molecule has 7 heteroatoms. The standard InChI is InChI=1S/C14H23F3N4/c15-14(16,17)11-21-8-6-20(7-9-21)5-3-12-2-1-4-13(12,19)10-18/h12H,1-9,11,19H2. The molecule has 1 saturated heterocycles. The van der Waals surface area contributed by atoms with Crippen molar-refractivity contribution in [1.82, 2.24) is 9.80 Å². The zero-order chi connectivity index (χ0) is 15.5. The van der Waals surface area contributed by atoms with Crippen LogP contribution in [0, 0.1) is 17.2 Å². The second-order valence-corrected chi connectivity index (χ2v) is 6.26. The molecule has 2 fully saturated rings. The van der Waals surface area contributed by atoms with E-state index in [0.29, 0.717) is 26.2 Å². The first-order chi connectivity index (χ1) is 9.82. The summed E-state index contributed by atoms with van der Waals surface area (Å²) < 4.78 is 36.9. The first-order valence-electron chi connectivity index (χ1n) is 7.54. The predicted octanol–water partition coefficient (Wildman–Crippen LogP) is 1.58. The van der Waals surface area contributed by atoms with Crippen molar-refractivity contribution in [1.29, 1.82) is 5.26 Å². The van der Waals surface area contributed by atoms with Crippen LogP contribution in [-0.2, 0) is 0 Å². The summed E-state index contributed by atoms with van der Waals surface area (Å²) in [6.45, 7) is 2.24. The number of nitrogens with two attached hydrogens (primary N) is 1. The summed E-state index contributed by atoms with van der Waals surface area (Å²) in [7, 11) is 0. The number of rotatable bonds is 4. The third-order valence-electron chi connectivity index (χ3n) is 4.74. The Kier molecular flexibility index (Phi) is 5.12. The van der Waals surface area contributed by atoms with Crippen molar-refractivity contribution in [3.8, 4) is 6.07 Å². The molecule has 0 aromatic carbocycles. The fourth-order valence-corrected chi connectivity index (χ4v) is 3.41. The highest BCUT2D eigenvalue weighted by Crippen LogP contribution is 2.35. The lowest BCUT2D eigenvalue weighted by molar-refractivity contribution is -0.149. The molecule has 2 N–H and O–H groups in total. The number of hydrogen-bond donors (Lipinski definition) is 1. The minimum absolute atomic E-state index is 0.218. The molecule has 2 aliphatic rings. The summed E-state index contributed by atoms with van der Waals surface area (Å²) >= 11 is 0. The van der Waals surface area contributed by atoms with Gasteiger partial charge in [-0.15, -0.1) is 0 Å². The summed E-state index contributed by atoms with van der Waals surface area (Å²) in [5.41, 5.74) is 5.40. The molecule has 0 spiro atoms. The van der Waals surface area contributed by atoms with Crippen LogP contribution in [0.5, 0.6) is 0 Å². The molecule has 21 heavy (non-hydrogen) atoms. The Morgan fingerprint density at radius 2 is 1.81 bits per heavy atom. The van der Waals surface area contributed by atoms with Crippen LogP contribution in [0.4, 0.5) is 13.2 Å². The molecule has 2 unspecified atom stereocenters. The molecule has 1 heterocycles. The Hall–Kier alpha value is -0.840. The van der Waals surface area contributed by atoms with E-state index in [0.717, 1.165) is 32.2 Å². The average molecular weight is 304 g/mol. The number of hydrogen-bond acceptors (Lipinski definition) is 4. The highest BCUT2D eigenvalue weighted by Gasteiger charge is 2.39. The average Bonchev–Trinajstić information content (AvgIpc) is 2.78. The number of nitrogens with zero attached hydrogens (tertiary/aromatic N) is 3. The van der Waals surface area contributed by atoms with Gasteiger partial charge in [-0.3, -0.25) is 4.90 Å². The van der Waals surface area contributed by atoms with E-state index in [2.05, 4.69) is 11.0 Å². The molecule has 1 aliphatic carbocycles. The molecular formula is C14H23F3N4. The molecule has 0 radical (unpaired) electrons. The van der Waals surface area contributed by atoms with Crippen LogP contribution in [0.15, 0.2) is 0 Å². The van der Waals surface area contributed by atoms with Gasteiger partial charge in [0, 0.05) is 26.2 Å². The second kappa shape index (κ2) is 6.51. The van der Waals surface area contributed by atoms with Crippen LogP contribution in [0.3, 0.4) is 0 Å². The van der Waals surface area contributed by atoms with Gasteiger partial charge in [0.05, 0.1) is 12.6 Å². The Labute approximate surface area is 123 Å². The van der Waals surface area contributed by atoms with Crippen molar-refractivity contribution >= 4 is 0 Å².